The summed E-state index contributed by atoms with van der Waals surface area (Å²) in [5.41, 5.74) is 4.87. The van der Waals surface area contributed by atoms with Crippen molar-refractivity contribution in [1.29, 1.82) is 0 Å². The fraction of sp³-hybridized carbons (Fsp3) is 0.364. The molecule has 0 bridgehead atoms. The van der Waals surface area contributed by atoms with Crippen molar-refractivity contribution in [3.05, 3.63) is 33.7 Å². The van der Waals surface area contributed by atoms with Crippen LogP contribution in [0.4, 0.5) is 5.82 Å². The van der Waals surface area contributed by atoms with E-state index in [1.807, 2.05) is 26.3 Å². The first-order chi connectivity index (χ1) is 7.66. The number of aryl methyl sites for hydroxylation is 3. The molecule has 4 nitrogen and oxygen atoms in total. The summed E-state index contributed by atoms with van der Waals surface area (Å²) in [6.07, 6.45) is 1.76. The van der Waals surface area contributed by atoms with Crippen LogP contribution in [0, 0.1) is 20.8 Å². The van der Waals surface area contributed by atoms with E-state index in [2.05, 4.69) is 20.3 Å². The Morgan fingerprint density at radius 3 is 2.56 bits per heavy atom. The quantitative estimate of drug-likeness (QED) is 0.886. The highest BCUT2D eigenvalue weighted by Crippen LogP contribution is 2.14. The molecule has 1 N–H and O–H groups in total. The van der Waals surface area contributed by atoms with E-state index in [4.69, 9.17) is 0 Å². The predicted octanol–water partition coefficient (Wildman–Crippen LogP) is 2.47. The molecular formula is C11H14N4S. The fourth-order valence-electron chi connectivity index (χ4n) is 1.29. The zero-order chi connectivity index (χ0) is 11.5. The van der Waals surface area contributed by atoms with Crippen LogP contribution < -0.4 is 5.32 Å². The van der Waals surface area contributed by atoms with Crippen LogP contribution in [-0.2, 0) is 6.54 Å². The van der Waals surface area contributed by atoms with Crippen LogP contribution in [-0.4, -0.2) is 15.0 Å². The summed E-state index contributed by atoms with van der Waals surface area (Å²) in [7, 11) is 0. The van der Waals surface area contributed by atoms with Gasteiger partial charge in [-0.15, -0.1) is 11.3 Å². The molecule has 0 fully saturated rings. The lowest BCUT2D eigenvalue weighted by atomic mass is 10.3. The maximum Gasteiger partial charge on any atom is 0.145 e. The molecule has 0 spiro atoms. The molecule has 0 aliphatic rings. The first-order valence-corrected chi connectivity index (χ1v) is 5.98. The molecule has 0 amide bonds. The summed E-state index contributed by atoms with van der Waals surface area (Å²) in [5, 5.41) is 3.25. The minimum Gasteiger partial charge on any atom is -0.364 e. The molecule has 2 heterocycles. The molecule has 0 saturated carbocycles. The Kier molecular flexibility index (Phi) is 3.14. The molecule has 2 aromatic rings. The van der Waals surface area contributed by atoms with E-state index in [1.54, 1.807) is 17.5 Å². The van der Waals surface area contributed by atoms with Gasteiger partial charge in [0.05, 0.1) is 35.3 Å². The van der Waals surface area contributed by atoms with Gasteiger partial charge in [-0.05, 0) is 20.8 Å². The van der Waals surface area contributed by atoms with Gasteiger partial charge in [0.1, 0.15) is 5.82 Å². The average Bonchev–Trinajstić information content (AvgIpc) is 2.66. The van der Waals surface area contributed by atoms with Crippen LogP contribution in [0.1, 0.15) is 22.0 Å². The van der Waals surface area contributed by atoms with Crippen LogP contribution in [0.5, 0.6) is 0 Å². The lowest BCUT2D eigenvalue weighted by Crippen LogP contribution is -2.03. The molecule has 0 saturated heterocycles. The monoisotopic (exact) mass is 234 g/mol. The Hall–Kier alpha value is -1.49. The zero-order valence-electron chi connectivity index (χ0n) is 9.61. The number of aromatic nitrogens is 3. The van der Waals surface area contributed by atoms with E-state index in [0.717, 1.165) is 29.4 Å². The van der Waals surface area contributed by atoms with Gasteiger partial charge in [-0.3, -0.25) is 4.98 Å². The molecule has 0 radical (unpaired) electrons. The van der Waals surface area contributed by atoms with Crippen molar-refractivity contribution >= 4 is 17.2 Å². The van der Waals surface area contributed by atoms with Crippen LogP contribution in [0.3, 0.4) is 0 Å². The second-order valence-corrected chi connectivity index (χ2v) is 4.58. The maximum atomic E-state index is 4.41. The predicted molar refractivity (Wildman–Crippen MR) is 65.7 cm³/mol. The smallest absolute Gasteiger partial charge is 0.145 e. The van der Waals surface area contributed by atoms with Gasteiger partial charge in [-0.2, -0.15) is 0 Å². The number of thiazole rings is 1. The Morgan fingerprint density at radius 2 is 1.94 bits per heavy atom. The van der Waals surface area contributed by atoms with Crippen LogP contribution >= 0.6 is 11.3 Å². The number of hydrogen-bond acceptors (Lipinski definition) is 5. The molecular weight excluding hydrogens is 220 g/mol. The van der Waals surface area contributed by atoms with Crippen molar-refractivity contribution in [1.82, 2.24) is 15.0 Å². The normalized spacial score (nSPS) is 10.4. The molecule has 0 aliphatic carbocycles. The van der Waals surface area contributed by atoms with Crippen molar-refractivity contribution < 1.29 is 0 Å². The Bertz CT molecular complexity index is 492. The second kappa shape index (κ2) is 4.57. The highest BCUT2D eigenvalue weighted by atomic mass is 32.1. The molecule has 0 aliphatic heterocycles. The van der Waals surface area contributed by atoms with Crippen LogP contribution in [0.15, 0.2) is 11.7 Å². The summed E-state index contributed by atoms with van der Waals surface area (Å²) in [5.74, 6) is 0.816. The van der Waals surface area contributed by atoms with E-state index in [9.17, 15) is 0 Å². The van der Waals surface area contributed by atoms with Crippen LogP contribution in [0.25, 0.3) is 0 Å². The van der Waals surface area contributed by atoms with E-state index in [-0.39, 0.29) is 0 Å². The van der Waals surface area contributed by atoms with Crippen molar-refractivity contribution in [3.8, 4) is 0 Å². The van der Waals surface area contributed by atoms with Gasteiger partial charge in [0.2, 0.25) is 0 Å². The molecule has 16 heavy (non-hydrogen) atoms. The van der Waals surface area contributed by atoms with Crippen molar-refractivity contribution in [2.45, 2.75) is 27.3 Å². The van der Waals surface area contributed by atoms with Gasteiger partial charge in [-0.25, -0.2) is 9.97 Å². The molecule has 2 rings (SSSR count). The minimum absolute atomic E-state index is 0.758. The summed E-state index contributed by atoms with van der Waals surface area (Å²) >= 11 is 1.65. The van der Waals surface area contributed by atoms with Gasteiger partial charge < -0.3 is 5.32 Å². The first-order valence-electron chi connectivity index (χ1n) is 5.10. The van der Waals surface area contributed by atoms with E-state index < -0.39 is 0 Å². The van der Waals surface area contributed by atoms with Crippen LogP contribution in [0.2, 0.25) is 0 Å². The third kappa shape index (κ3) is 2.36. The number of anilines is 1. The standard InChI is InChI=1S/C11H14N4S/c1-7-8(2)15-11(5-12-7)13-4-10-9(3)14-6-16-10/h5-6H,4H2,1-3H3,(H,13,15). The third-order valence-electron chi connectivity index (χ3n) is 2.47. The van der Waals surface area contributed by atoms with Crippen molar-refractivity contribution in [3.63, 3.8) is 0 Å². The molecule has 2 aromatic heterocycles. The highest BCUT2D eigenvalue weighted by Gasteiger charge is 2.02. The largest absolute Gasteiger partial charge is 0.364 e. The Morgan fingerprint density at radius 1 is 1.12 bits per heavy atom. The van der Waals surface area contributed by atoms with E-state index in [0.29, 0.717) is 0 Å². The summed E-state index contributed by atoms with van der Waals surface area (Å²) in [4.78, 5) is 14.1. The number of rotatable bonds is 3. The zero-order valence-corrected chi connectivity index (χ0v) is 10.4. The van der Waals surface area contributed by atoms with Crippen molar-refractivity contribution in [2.24, 2.45) is 0 Å². The van der Waals surface area contributed by atoms with Crippen molar-refractivity contribution in [2.75, 3.05) is 5.32 Å². The average molecular weight is 234 g/mol. The molecule has 0 atom stereocenters. The minimum atomic E-state index is 0.758. The lowest BCUT2D eigenvalue weighted by Gasteiger charge is -2.06. The third-order valence-corrected chi connectivity index (χ3v) is 3.40. The number of nitrogens with one attached hydrogen (secondary N) is 1. The van der Waals surface area contributed by atoms with Gasteiger partial charge in [-0.1, -0.05) is 0 Å². The summed E-state index contributed by atoms with van der Waals surface area (Å²) < 4.78 is 0. The SMILES string of the molecule is Cc1ncc(NCc2scnc2C)nc1C. The Labute approximate surface area is 98.8 Å². The second-order valence-electron chi connectivity index (χ2n) is 3.64. The number of nitrogens with zero attached hydrogens (tertiary/aromatic N) is 3. The topological polar surface area (TPSA) is 50.7 Å². The van der Waals surface area contributed by atoms with Gasteiger partial charge in [0.15, 0.2) is 0 Å². The lowest BCUT2D eigenvalue weighted by molar-refractivity contribution is 1.02. The van der Waals surface area contributed by atoms with Gasteiger partial charge in [0, 0.05) is 4.88 Å². The first kappa shape index (κ1) is 11.0. The number of hydrogen-bond donors (Lipinski definition) is 1. The molecule has 0 aromatic carbocycles. The van der Waals surface area contributed by atoms with Gasteiger partial charge in [0.25, 0.3) is 0 Å². The molecule has 84 valence electrons. The summed E-state index contributed by atoms with van der Waals surface area (Å²) in [6, 6.07) is 0. The molecule has 5 heteroatoms. The fourth-order valence-corrected chi connectivity index (χ4v) is 2.01. The van der Waals surface area contributed by atoms with Gasteiger partial charge >= 0.3 is 0 Å². The van der Waals surface area contributed by atoms with E-state index >= 15 is 0 Å². The highest BCUT2D eigenvalue weighted by molar-refractivity contribution is 7.09. The summed E-state index contributed by atoms with van der Waals surface area (Å²) in [6.45, 7) is 6.69. The Balaban J connectivity index is 2.05. The molecule has 0 unspecified atom stereocenters. The van der Waals surface area contributed by atoms with E-state index in [1.165, 1.54) is 4.88 Å². The maximum absolute atomic E-state index is 4.41.